The summed E-state index contributed by atoms with van der Waals surface area (Å²) in [5.41, 5.74) is 15.6. The number of allylic oxidation sites excluding steroid dienone is 3. The van der Waals surface area contributed by atoms with Crippen LogP contribution in [-0.2, 0) is 21.4 Å². The third-order valence-electron chi connectivity index (χ3n) is 7.83. The molecule has 0 fully saturated rings. The van der Waals surface area contributed by atoms with E-state index in [1.54, 1.807) is 0 Å². The molecule has 0 amide bonds. The molecule has 0 heterocycles. The first-order valence-electron chi connectivity index (χ1n) is 14.2. The van der Waals surface area contributed by atoms with Crippen LogP contribution in [0.4, 0.5) is 0 Å². The monoisotopic (exact) mass is 526 g/mol. The molecule has 0 spiro atoms. The maximum atomic E-state index is 13.2. The van der Waals surface area contributed by atoms with Gasteiger partial charge in [-0.25, -0.2) is 9.59 Å². The Labute approximate surface area is 230 Å². The van der Waals surface area contributed by atoms with Gasteiger partial charge < -0.3 is 20.9 Å². The average molecular weight is 527 g/mol. The molecular formula is C32H50N2O4. The largest absolute Gasteiger partial charge is 0.425 e. The summed E-state index contributed by atoms with van der Waals surface area (Å²) in [4.78, 5) is 26.3. The molecule has 1 aliphatic carbocycles. The first-order valence-corrected chi connectivity index (χ1v) is 14.2. The fraction of sp³-hybridized carbons (Fsp3) is 0.625. The van der Waals surface area contributed by atoms with Gasteiger partial charge >= 0.3 is 11.9 Å². The van der Waals surface area contributed by atoms with Crippen molar-refractivity contribution < 1.29 is 19.1 Å². The van der Waals surface area contributed by atoms with E-state index in [0.717, 1.165) is 49.7 Å². The number of esters is 2. The third-order valence-corrected chi connectivity index (χ3v) is 7.83. The summed E-state index contributed by atoms with van der Waals surface area (Å²) < 4.78 is 12.2. The number of hydrogen-bond acceptors (Lipinski definition) is 6. The summed E-state index contributed by atoms with van der Waals surface area (Å²) >= 11 is 0. The number of nitrogens with two attached hydrogens (primary N) is 2. The van der Waals surface area contributed by atoms with Gasteiger partial charge in [0, 0.05) is 11.0 Å². The zero-order valence-electron chi connectivity index (χ0n) is 24.9. The number of carbonyl (C=O) groups excluding carboxylic acids is 2. The molecule has 6 nitrogen and oxygen atoms in total. The Hall–Kier alpha value is -2.44. The number of carbonyl (C=O) groups is 2. The van der Waals surface area contributed by atoms with Gasteiger partial charge in [0.2, 0.25) is 0 Å². The SMILES string of the molecule is C=C(C)[C@@H]1CCC(C)=C[C@]1(C)c1c(OC(=O)[C@@H](N)C(C)C)cc(CCCCC)cc1OC(=O)[C@@H](N)C(C)C. The summed E-state index contributed by atoms with van der Waals surface area (Å²) in [7, 11) is 0. The van der Waals surface area contributed by atoms with E-state index in [2.05, 4.69) is 33.4 Å². The van der Waals surface area contributed by atoms with Crippen LogP contribution in [0, 0.1) is 17.8 Å². The number of unbranched alkanes of at least 4 members (excludes halogenated alkanes) is 2. The van der Waals surface area contributed by atoms with Crippen LogP contribution in [0.2, 0.25) is 0 Å². The van der Waals surface area contributed by atoms with Gasteiger partial charge in [0.05, 0.1) is 0 Å². The van der Waals surface area contributed by atoms with Gasteiger partial charge in [-0.1, -0.05) is 78.2 Å². The minimum atomic E-state index is -0.777. The maximum absolute atomic E-state index is 13.2. The summed E-state index contributed by atoms with van der Waals surface area (Å²) in [6.45, 7) is 20.2. The van der Waals surface area contributed by atoms with Crippen molar-refractivity contribution in [3.63, 3.8) is 0 Å². The second-order valence-electron chi connectivity index (χ2n) is 12.0. The second kappa shape index (κ2) is 13.6. The topological polar surface area (TPSA) is 105 Å². The quantitative estimate of drug-likeness (QED) is 0.142. The van der Waals surface area contributed by atoms with Crippen LogP contribution in [-0.4, -0.2) is 24.0 Å². The highest BCUT2D eigenvalue weighted by Crippen LogP contribution is 2.51. The Morgan fingerprint density at radius 3 is 1.95 bits per heavy atom. The van der Waals surface area contributed by atoms with Crippen LogP contribution in [0.3, 0.4) is 0 Å². The summed E-state index contributed by atoms with van der Waals surface area (Å²) in [6.07, 6.45) is 7.94. The second-order valence-corrected chi connectivity index (χ2v) is 12.0. The predicted molar refractivity (Wildman–Crippen MR) is 155 cm³/mol. The zero-order valence-corrected chi connectivity index (χ0v) is 24.9. The molecule has 212 valence electrons. The van der Waals surface area contributed by atoms with E-state index in [-0.39, 0.29) is 17.8 Å². The molecule has 0 unspecified atom stereocenters. The van der Waals surface area contributed by atoms with Crippen LogP contribution in [0.1, 0.15) is 98.6 Å². The molecule has 0 bridgehead atoms. The number of benzene rings is 1. The Morgan fingerprint density at radius 2 is 1.53 bits per heavy atom. The van der Waals surface area contributed by atoms with Gasteiger partial charge in [-0.05, 0) is 75.0 Å². The first kappa shape index (κ1) is 31.8. The fourth-order valence-electron chi connectivity index (χ4n) is 5.32. The lowest BCUT2D eigenvalue weighted by Crippen LogP contribution is -2.41. The van der Waals surface area contributed by atoms with Crippen LogP contribution < -0.4 is 20.9 Å². The van der Waals surface area contributed by atoms with Crippen LogP contribution in [0.15, 0.2) is 35.9 Å². The standard InChI is InChI=1S/C32H50N2O4/c1-10-11-12-13-23-16-25(37-30(35)28(33)20(4)5)27(26(17-23)38-31(36)29(34)21(6)7)32(9)18-22(8)14-15-24(32)19(2)3/h16-18,20-21,24,28-29H,2,10-15,33-34H2,1,3-9H3/t24-,28-,29-,32-/m0/s1. The number of aryl methyl sites for hydroxylation is 1. The molecule has 2 rings (SSSR count). The van der Waals surface area contributed by atoms with E-state index in [1.807, 2.05) is 46.8 Å². The van der Waals surface area contributed by atoms with Crippen molar-refractivity contribution >= 4 is 11.9 Å². The van der Waals surface area contributed by atoms with E-state index in [4.69, 9.17) is 20.9 Å². The van der Waals surface area contributed by atoms with E-state index < -0.39 is 29.4 Å². The van der Waals surface area contributed by atoms with Gasteiger partial charge in [-0.15, -0.1) is 0 Å². The van der Waals surface area contributed by atoms with Crippen molar-refractivity contribution in [2.45, 2.75) is 111 Å². The molecular weight excluding hydrogens is 476 g/mol. The van der Waals surface area contributed by atoms with Gasteiger partial charge in [0.1, 0.15) is 23.6 Å². The molecule has 1 aromatic rings. The summed E-state index contributed by atoms with van der Waals surface area (Å²) in [6, 6.07) is 2.29. The van der Waals surface area contributed by atoms with Crippen molar-refractivity contribution in [1.29, 1.82) is 0 Å². The highest BCUT2D eigenvalue weighted by Gasteiger charge is 2.42. The zero-order chi connectivity index (χ0) is 28.8. The van der Waals surface area contributed by atoms with E-state index >= 15 is 0 Å². The van der Waals surface area contributed by atoms with Crippen LogP contribution in [0.5, 0.6) is 11.5 Å². The highest BCUT2D eigenvalue weighted by molar-refractivity contribution is 5.81. The molecule has 4 atom stereocenters. The fourth-order valence-corrected chi connectivity index (χ4v) is 5.32. The van der Waals surface area contributed by atoms with Crippen LogP contribution in [0.25, 0.3) is 0 Å². The molecule has 0 aliphatic heterocycles. The smallest absolute Gasteiger partial charge is 0.328 e. The Balaban J connectivity index is 2.83. The Bertz CT molecular complexity index is 993. The maximum Gasteiger partial charge on any atom is 0.328 e. The molecule has 0 radical (unpaired) electrons. The highest BCUT2D eigenvalue weighted by atomic mass is 16.5. The molecule has 1 aromatic carbocycles. The third kappa shape index (κ3) is 7.57. The van der Waals surface area contributed by atoms with E-state index in [0.29, 0.717) is 17.1 Å². The van der Waals surface area contributed by atoms with E-state index in [9.17, 15) is 9.59 Å². The van der Waals surface area contributed by atoms with Crippen molar-refractivity contribution in [3.05, 3.63) is 47.1 Å². The molecule has 6 heteroatoms. The normalized spacial score (nSPS) is 21.2. The summed E-state index contributed by atoms with van der Waals surface area (Å²) in [5, 5.41) is 0. The molecule has 38 heavy (non-hydrogen) atoms. The number of rotatable bonds is 12. The van der Waals surface area contributed by atoms with E-state index in [1.165, 1.54) is 5.57 Å². The first-order chi connectivity index (χ1) is 17.7. The molecule has 0 saturated carbocycles. The minimum Gasteiger partial charge on any atom is -0.425 e. The molecule has 0 aromatic heterocycles. The lowest BCUT2D eigenvalue weighted by molar-refractivity contribution is -0.137. The van der Waals surface area contributed by atoms with Gasteiger partial charge in [0.15, 0.2) is 0 Å². The Kier molecular flexibility index (Phi) is 11.3. The lowest BCUT2D eigenvalue weighted by Gasteiger charge is -2.42. The van der Waals surface area contributed by atoms with Crippen molar-refractivity contribution in [1.82, 2.24) is 0 Å². The van der Waals surface area contributed by atoms with Crippen molar-refractivity contribution in [2.75, 3.05) is 0 Å². The van der Waals surface area contributed by atoms with Crippen molar-refractivity contribution in [2.24, 2.45) is 29.2 Å². The number of ether oxygens (including phenoxy) is 2. The molecule has 1 aliphatic rings. The average Bonchev–Trinajstić information content (AvgIpc) is 2.82. The van der Waals surface area contributed by atoms with Gasteiger partial charge in [0.25, 0.3) is 0 Å². The predicted octanol–water partition coefficient (Wildman–Crippen LogP) is 6.39. The van der Waals surface area contributed by atoms with Crippen LogP contribution >= 0.6 is 0 Å². The van der Waals surface area contributed by atoms with Gasteiger partial charge in [-0.3, -0.25) is 0 Å². The Morgan fingerprint density at radius 1 is 1.03 bits per heavy atom. The van der Waals surface area contributed by atoms with Gasteiger partial charge in [-0.2, -0.15) is 0 Å². The van der Waals surface area contributed by atoms with Crippen molar-refractivity contribution in [3.8, 4) is 11.5 Å². The number of hydrogen-bond donors (Lipinski definition) is 2. The molecule has 4 N–H and O–H groups in total. The lowest BCUT2D eigenvalue weighted by atomic mass is 9.63. The summed E-state index contributed by atoms with van der Waals surface area (Å²) in [5.74, 6) is -0.345. The molecule has 0 saturated heterocycles. The minimum absolute atomic E-state index is 0.0598.